The molecule has 2 heterocycles. The van der Waals surface area contributed by atoms with E-state index >= 15 is 0 Å². The van der Waals surface area contributed by atoms with Crippen LogP contribution in [0, 0.1) is 41.4 Å². The first-order valence-corrected chi connectivity index (χ1v) is 13.0. The molecule has 2 saturated heterocycles. The van der Waals surface area contributed by atoms with Crippen LogP contribution in [0.1, 0.15) is 97.8 Å². The van der Waals surface area contributed by atoms with Crippen LogP contribution in [-0.2, 0) is 4.74 Å². The molecular formula is C26H45NO. The molecule has 5 rings (SSSR count). The minimum Gasteiger partial charge on any atom is -0.370 e. The van der Waals surface area contributed by atoms with Gasteiger partial charge in [0, 0.05) is 12.0 Å². The van der Waals surface area contributed by atoms with Crippen LogP contribution in [0.15, 0.2) is 0 Å². The predicted octanol–water partition coefficient (Wildman–Crippen LogP) is 6.19. The van der Waals surface area contributed by atoms with Crippen molar-refractivity contribution >= 4 is 0 Å². The molecule has 0 aromatic rings. The lowest BCUT2D eigenvalue weighted by Crippen LogP contribution is -2.51. The average molecular weight is 388 g/mol. The van der Waals surface area contributed by atoms with Crippen molar-refractivity contribution in [1.29, 1.82) is 0 Å². The minimum atomic E-state index is 0.166. The molecule has 1 spiro atoms. The van der Waals surface area contributed by atoms with Crippen molar-refractivity contribution in [3.05, 3.63) is 0 Å². The summed E-state index contributed by atoms with van der Waals surface area (Å²) in [4.78, 5) is 0. The first kappa shape index (κ1) is 19.9. The van der Waals surface area contributed by atoms with Gasteiger partial charge < -0.3 is 10.1 Å². The summed E-state index contributed by atoms with van der Waals surface area (Å²) in [5.41, 5.74) is 0.166. The standard InChI is InChI=1S/C26H45NO/c1-17-12-13-20-8-4-5-10-22(20)23(17)16-21-9-6-14-26(18(21)2)19(3)25-24(28-26)11-7-15-27-25/h17-25,27H,4-16H2,1-3H3. The summed E-state index contributed by atoms with van der Waals surface area (Å²) in [6.45, 7) is 8.89. The third-order valence-electron chi connectivity index (χ3n) is 10.6. The van der Waals surface area contributed by atoms with Crippen LogP contribution in [0.4, 0.5) is 0 Å². The number of nitrogens with one attached hydrogen (secondary N) is 1. The van der Waals surface area contributed by atoms with E-state index in [4.69, 9.17) is 4.74 Å². The van der Waals surface area contributed by atoms with Crippen molar-refractivity contribution in [3.63, 3.8) is 0 Å². The zero-order chi connectivity index (χ0) is 19.3. The summed E-state index contributed by atoms with van der Waals surface area (Å²) >= 11 is 0. The van der Waals surface area contributed by atoms with E-state index in [2.05, 4.69) is 26.1 Å². The molecular weight excluding hydrogens is 342 g/mol. The lowest BCUT2D eigenvalue weighted by molar-refractivity contribution is -0.135. The van der Waals surface area contributed by atoms with Crippen LogP contribution in [0.2, 0.25) is 0 Å². The Hall–Kier alpha value is -0.0800. The average Bonchev–Trinajstić information content (AvgIpc) is 3.00. The lowest BCUT2D eigenvalue weighted by Gasteiger charge is -2.51. The molecule has 2 heteroatoms. The van der Waals surface area contributed by atoms with E-state index in [0.29, 0.717) is 18.1 Å². The summed E-state index contributed by atoms with van der Waals surface area (Å²) in [7, 11) is 0. The fourth-order valence-corrected chi connectivity index (χ4v) is 8.88. The summed E-state index contributed by atoms with van der Waals surface area (Å²) in [6.07, 6.45) is 17.8. The highest BCUT2D eigenvalue weighted by molar-refractivity contribution is 5.09. The molecule has 3 aliphatic carbocycles. The number of hydrogen-bond acceptors (Lipinski definition) is 2. The van der Waals surface area contributed by atoms with Gasteiger partial charge in [0.2, 0.25) is 0 Å². The first-order valence-electron chi connectivity index (χ1n) is 13.0. The number of piperidine rings is 1. The third-order valence-corrected chi connectivity index (χ3v) is 10.6. The van der Waals surface area contributed by atoms with E-state index in [9.17, 15) is 0 Å². The van der Waals surface area contributed by atoms with Crippen LogP contribution in [-0.4, -0.2) is 24.3 Å². The van der Waals surface area contributed by atoms with E-state index in [-0.39, 0.29) is 5.60 Å². The molecule has 5 fully saturated rings. The Labute approximate surface area is 173 Å². The Morgan fingerprint density at radius 3 is 2.57 bits per heavy atom. The Morgan fingerprint density at radius 2 is 1.71 bits per heavy atom. The Bertz CT molecular complexity index is 549. The quantitative estimate of drug-likeness (QED) is 0.610. The zero-order valence-corrected chi connectivity index (χ0v) is 18.8. The van der Waals surface area contributed by atoms with Gasteiger partial charge in [0.25, 0.3) is 0 Å². The SMILES string of the molecule is CC1CCC2CCCCC2C1CC1CCCC2(OC3CCCNC3C2C)C1C. The van der Waals surface area contributed by atoms with Gasteiger partial charge in [-0.05, 0) is 87.0 Å². The maximum atomic E-state index is 7.01. The molecule has 28 heavy (non-hydrogen) atoms. The van der Waals surface area contributed by atoms with Crippen LogP contribution in [0.3, 0.4) is 0 Å². The van der Waals surface area contributed by atoms with Gasteiger partial charge in [0.15, 0.2) is 0 Å². The molecule has 10 unspecified atom stereocenters. The molecule has 0 radical (unpaired) electrons. The van der Waals surface area contributed by atoms with Gasteiger partial charge >= 0.3 is 0 Å². The molecule has 0 aromatic heterocycles. The van der Waals surface area contributed by atoms with Gasteiger partial charge in [-0.1, -0.05) is 52.9 Å². The van der Waals surface area contributed by atoms with Crippen LogP contribution < -0.4 is 5.32 Å². The van der Waals surface area contributed by atoms with Gasteiger partial charge in [-0.3, -0.25) is 0 Å². The maximum absolute atomic E-state index is 7.01. The Balaban J connectivity index is 1.33. The first-order chi connectivity index (χ1) is 13.6. The van der Waals surface area contributed by atoms with Crippen LogP contribution in [0.5, 0.6) is 0 Å². The lowest BCUT2D eigenvalue weighted by atomic mass is 9.56. The molecule has 2 nitrogen and oxygen atoms in total. The summed E-state index contributed by atoms with van der Waals surface area (Å²) < 4.78 is 7.01. The summed E-state index contributed by atoms with van der Waals surface area (Å²) in [6, 6.07) is 0.617. The van der Waals surface area contributed by atoms with E-state index in [1.807, 2.05) is 0 Å². The molecule has 0 aromatic carbocycles. The van der Waals surface area contributed by atoms with Gasteiger partial charge in [0.1, 0.15) is 0 Å². The molecule has 10 atom stereocenters. The second-order valence-corrected chi connectivity index (χ2v) is 11.6. The van der Waals surface area contributed by atoms with Gasteiger partial charge in [-0.2, -0.15) is 0 Å². The summed E-state index contributed by atoms with van der Waals surface area (Å²) in [5, 5.41) is 3.84. The fraction of sp³-hybridized carbons (Fsp3) is 1.00. The second kappa shape index (κ2) is 7.88. The minimum absolute atomic E-state index is 0.166. The number of ether oxygens (including phenoxy) is 1. The van der Waals surface area contributed by atoms with Crippen LogP contribution >= 0.6 is 0 Å². The van der Waals surface area contributed by atoms with E-state index in [1.54, 1.807) is 0 Å². The predicted molar refractivity (Wildman–Crippen MR) is 116 cm³/mol. The van der Waals surface area contributed by atoms with Crippen molar-refractivity contribution in [2.75, 3.05) is 6.54 Å². The highest BCUT2D eigenvalue weighted by Gasteiger charge is 2.58. The van der Waals surface area contributed by atoms with E-state index in [0.717, 1.165) is 35.5 Å². The van der Waals surface area contributed by atoms with Crippen LogP contribution in [0.25, 0.3) is 0 Å². The van der Waals surface area contributed by atoms with Crippen molar-refractivity contribution in [1.82, 2.24) is 5.32 Å². The van der Waals surface area contributed by atoms with E-state index in [1.165, 1.54) is 83.6 Å². The molecule has 0 amide bonds. The number of fused-ring (bicyclic) bond motifs is 2. The second-order valence-electron chi connectivity index (χ2n) is 11.6. The maximum Gasteiger partial charge on any atom is 0.0756 e. The number of hydrogen-bond donors (Lipinski definition) is 1. The van der Waals surface area contributed by atoms with Gasteiger partial charge in [-0.15, -0.1) is 0 Å². The molecule has 0 bridgehead atoms. The summed E-state index contributed by atoms with van der Waals surface area (Å²) in [5.74, 6) is 6.38. The third kappa shape index (κ3) is 3.20. The smallest absolute Gasteiger partial charge is 0.0756 e. The van der Waals surface area contributed by atoms with Crippen molar-refractivity contribution < 1.29 is 4.74 Å². The largest absolute Gasteiger partial charge is 0.370 e. The Kier molecular flexibility index (Phi) is 5.59. The highest BCUT2D eigenvalue weighted by Crippen LogP contribution is 2.56. The van der Waals surface area contributed by atoms with E-state index < -0.39 is 0 Å². The molecule has 5 aliphatic rings. The molecule has 160 valence electrons. The topological polar surface area (TPSA) is 21.3 Å². The molecule has 2 aliphatic heterocycles. The van der Waals surface area contributed by atoms with Crippen molar-refractivity contribution in [3.8, 4) is 0 Å². The molecule has 1 N–H and O–H groups in total. The molecule has 3 saturated carbocycles. The zero-order valence-electron chi connectivity index (χ0n) is 18.8. The van der Waals surface area contributed by atoms with Crippen molar-refractivity contribution in [2.24, 2.45) is 41.4 Å². The van der Waals surface area contributed by atoms with Gasteiger partial charge in [0.05, 0.1) is 11.7 Å². The monoisotopic (exact) mass is 387 g/mol. The normalized spacial score (nSPS) is 54.3. The van der Waals surface area contributed by atoms with Gasteiger partial charge in [-0.25, -0.2) is 0 Å². The number of rotatable bonds is 2. The Morgan fingerprint density at radius 1 is 0.857 bits per heavy atom. The fourth-order valence-electron chi connectivity index (χ4n) is 8.88. The van der Waals surface area contributed by atoms with Crippen molar-refractivity contribution in [2.45, 2.75) is 116 Å². The highest BCUT2D eigenvalue weighted by atomic mass is 16.5.